The number of aliphatic carboxylic acids is 1. The molecule has 0 aliphatic heterocycles. The second kappa shape index (κ2) is 8.10. The maximum Gasteiger partial charge on any atom is 0.328 e. The van der Waals surface area contributed by atoms with Crippen LogP contribution in [-0.4, -0.2) is 34.7 Å². The average Bonchev–Trinajstić information content (AvgIpc) is 2.24. The van der Waals surface area contributed by atoms with E-state index in [-0.39, 0.29) is 11.8 Å². The lowest BCUT2D eigenvalue weighted by Crippen LogP contribution is -2.45. The molecule has 0 rings (SSSR count). The van der Waals surface area contributed by atoms with Gasteiger partial charge in [-0.05, 0) is 12.8 Å². The van der Waals surface area contributed by atoms with Gasteiger partial charge in [-0.25, -0.2) is 4.79 Å². The van der Waals surface area contributed by atoms with Crippen LogP contribution in [0.15, 0.2) is 0 Å². The number of hydrogen-bond acceptors (Lipinski definition) is 3. The summed E-state index contributed by atoms with van der Waals surface area (Å²) in [5.41, 5.74) is 0. The van der Waals surface area contributed by atoms with E-state index in [9.17, 15) is 9.59 Å². The summed E-state index contributed by atoms with van der Waals surface area (Å²) in [7, 11) is 0. The van der Waals surface area contributed by atoms with Crippen molar-refractivity contribution in [1.29, 1.82) is 0 Å². The number of nitrogens with one attached hydrogen (secondary N) is 1. The maximum absolute atomic E-state index is 11.7. The van der Waals surface area contributed by atoms with Crippen LogP contribution >= 0.6 is 0 Å². The zero-order valence-electron chi connectivity index (χ0n) is 9.90. The first kappa shape index (κ1) is 14.9. The van der Waals surface area contributed by atoms with Crippen molar-refractivity contribution in [2.45, 2.75) is 45.6 Å². The molecule has 0 aromatic heterocycles. The Labute approximate surface area is 95.9 Å². The Morgan fingerprint density at radius 1 is 1.19 bits per heavy atom. The molecular formula is C11H21NO4. The molecule has 1 amide bonds. The third-order valence-corrected chi connectivity index (χ3v) is 2.44. The number of amides is 1. The summed E-state index contributed by atoms with van der Waals surface area (Å²) in [6.45, 7) is 3.39. The Morgan fingerprint density at radius 2 is 1.69 bits per heavy atom. The third-order valence-electron chi connectivity index (χ3n) is 2.44. The largest absolute Gasteiger partial charge is 0.480 e. The van der Waals surface area contributed by atoms with Crippen molar-refractivity contribution in [2.24, 2.45) is 5.92 Å². The molecule has 94 valence electrons. The third kappa shape index (κ3) is 5.11. The molecule has 3 N–H and O–H groups in total. The Bertz CT molecular complexity index is 224. The van der Waals surface area contributed by atoms with Crippen LogP contribution < -0.4 is 5.32 Å². The summed E-state index contributed by atoms with van der Waals surface area (Å²) in [6.07, 6.45) is 3.26. The summed E-state index contributed by atoms with van der Waals surface area (Å²) in [5.74, 6) is -1.63. The van der Waals surface area contributed by atoms with Gasteiger partial charge < -0.3 is 15.5 Å². The second-order valence-corrected chi connectivity index (χ2v) is 3.86. The minimum Gasteiger partial charge on any atom is -0.480 e. The molecule has 0 radical (unpaired) electrons. The van der Waals surface area contributed by atoms with Crippen LogP contribution in [0.3, 0.4) is 0 Å². The first-order valence-electron chi connectivity index (χ1n) is 5.70. The van der Waals surface area contributed by atoms with Gasteiger partial charge in [0.2, 0.25) is 5.91 Å². The highest BCUT2D eigenvalue weighted by atomic mass is 16.4. The molecule has 0 fully saturated rings. The molecule has 0 spiro atoms. The summed E-state index contributed by atoms with van der Waals surface area (Å²) >= 11 is 0. The molecule has 0 aliphatic rings. The van der Waals surface area contributed by atoms with Crippen LogP contribution in [0.25, 0.3) is 0 Å². The predicted octanol–water partition coefficient (Wildman–Crippen LogP) is 0.764. The molecular weight excluding hydrogens is 210 g/mol. The predicted molar refractivity (Wildman–Crippen MR) is 60.0 cm³/mol. The molecule has 0 heterocycles. The highest BCUT2D eigenvalue weighted by molar-refractivity contribution is 5.85. The molecule has 0 aliphatic carbocycles. The SMILES string of the molecule is CCCC(CCC)C(=O)NC(CO)C(=O)O. The molecule has 0 bridgehead atoms. The summed E-state index contributed by atoms with van der Waals surface area (Å²) < 4.78 is 0. The number of rotatable bonds is 8. The number of carbonyl (C=O) groups is 2. The van der Waals surface area contributed by atoms with Crippen LogP contribution in [0.2, 0.25) is 0 Å². The smallest absolute Gasteiger partial charge is 0.328 e. The number of aliphatic hydroxyl groups excluding tert-OH is 1. The van der Waals surface area contributed by atoms with Gasteiger partial charge >= 0.3 is 5.97 Å². The fourth-order valence-corrected chi connectivity index (χ4v) is 1.58. The fourth-order valence-electron chi connectivity index (χ4n) is 1.58. The van der Waals surface area contributed by atoms with Gasteiger partial charge in [0.25, 0.3) is 0 Å². The number of hydrogen-bond donors (Lipinski definition) is 3. The molecule has 0 aromatic rings. The van der Waals surface area contributed by atoms with Crippen molar-refractivity contribution in [3.8, 4) is 0 Å². The zero-order valence-corrected chi connectivity index (χ0v) is 9.90. The molecule has 5 nitrogen and oxygen atoms in total. The van der Waals surface area contributed by atoms with Crippen LogP contribution in [-0.2, 0) is 9.59 Å². The molecule has 0 saturated heterocycles. The minimum absolute atomic E-state index is 0.150. The summed E-state index contributed by atoms with van der Waals surface area (Å²) in [4.78, 5) is 22.3. The van der Waals surface area contributed by atoms with Gasteiger partial charge in [0.15, 0.2) is 0 Å². The van der Waals surface area contributed by atoms with E-state index in [1.165, 1.54) is 0 Å². The van der Waals surface area contributed by atoms with Crippen molar-refractivity contribution in [3.63, 3.8) is 0 Å². The maximum atomic E-state index is 11.7. The zero-order chi connectivity index (χ0) is 12.6. The molecule has 1 unspecified atom stereocenters. The van der Waals surface area contributed by atoms with Crippen LogP contribution in [0.5, 0.6) is 0 Å². The van der Waals surface area contributed by atoms with Gasteiger partial charge in [-0.2, -0.15) is 0 Å². The number of carboxylic acid groups (broad SMARTS) is 1. The van der Waals surface area contributed by atoms with Gasteiger partial charge in [0.1, 0.15) is 6.04 Å². The first-order chi connectivity index (χ1) is 7.56. The monoisotopic (exact) mass is 231 g/mol. The van der Waals surface area contributed by atoms with Gasteiger partial charge in [0, 0.05) is 5.92 Å². The Hall–Kier alpha value is -1.10. The molecule has 0 aromatic carbocycles. The lowest BCUT2D eigenvalue weighted by molar-refractivity contribution is -0.143. The van der Waals surface area contributed by atoms with E-state index >= 15 is 0 Å². The highest BCUT2D eigenvalue weighted by Gasteiger charge is 2.23. The van der Waals surface area contributed by atoms with E-state index in [0.29, 0.717) is 0 Å². The van der Waals surface area contributed by atoms with Crippen molar-refractivity contribution >= 4 is 11.9 Å². The van der Waals surface area contributed by atoms with Crippen molar-refractivity contribution in [3.05, 3.63) is 0 Å². The van der Waals surface area contributed by atoms with Gasteiger partial charge in [0.05, 0.1) is 6.61 Å². The lowest BCUT2D eigenvalue weighted by atomic mass is 9.97. The highest BCUT2D eigenvalue weighted by Crippen LogP contribution is 2.13. The van der Waals surface area contributed by atoms with Crippen LogP contribution in [0.1, 0.15) is 39.5 Å². The van der Waals surface area contributed by atoms with Gasteiger partial charge in [-0.3, -0.25) is 4.79 Å². The summed E-state index contributed by atoms with van der Waals surface area (Å²) in [6, 6.07) is -1.19. The molecule has 0 saturated carbocycles. The Morgan fingerprint density at radius 3 is 2.00 bits per heavy atom. The summed E-state index contributed by atoms with van der Waals surface area (Å²) in [5, 5.41) is 19.8. The van der Waals surface area contributed by atoms with E-state index in [2.05, 4.69) is 5.32 Å². The Balaban J connectivity index is 4.32. The van der Waals surface area contributed by atoms with E-state index in [1.807, 2.05) is 13.8 Å². The van der Waals surface area contributed by atoms with Crippen LogP contribution in [0.4, 0.5) is 0 Å². The minimum atomic E-state index is -1.21. The second-order valence-electron chi connectivity index (χ2n) is 3.86. The van der Waals surface area contributed by atoms with Crippen LogP contribution in [0, 0.1) is 5.92 Å². The van der Waals surface area contributed by atoms with Crippen molar-refractivity contribution in [1.82, 2.24) is 5.32 Å². The quantitative estimate of drug-likeness (QED) is 0.575. The lowest BCUT2D eigenvalue weighted by Gasteiger charge is -2.18. The van der Waals surface area contributed by atoms with Gasteiger partial charge in [-0.15, -0.1) is 0 Å². The molecule has 5 heteroatoms. The van der Waals surface area contributed by atoms with E-state index < -0.39 is 18.6 Å². The fraction of sp³-hybridized carbons (Fsp3) is 0.818. The number of aliphatic hydroxyl groups is 1. The topological polar surface area (TPSA) is 86.6 Å². The van der Waals surface area contributed by atoms with Gasteiger partial charge in [-0.1, -0.05) is 26.7 Å². The normalized spacial score (nSPS) is 12.5. The first-order valence-corrected chi connectivity index (χ1v) is 5.70. The number of carbonyl (C=O) groups excluding carboxylic acids is 1. The molecule has 16 heavy (non-hydrogen) atoms. The Kier molecular flexibility index (Phi) is 7.54. The molecule has 1 atom stereocenters. The van der Waals surface area contributed by atoms with E-state index in [0.717, 1.165) is 25.7 Å². The van der Waals surface area contributed by atoms with E-state index in [4.69, 9.17) is 10.2 Å². The number of carboxylic acids is 1. The average molecular weight is 231 g/mol. The van der Waals surface area contributed by atoms with Crippen molar-refractivity contribution in [2.75, 3.05) is 6.61 Å². The standard InChI is InChI=1S/C11H21NO4/c1-3-5-8(6-4-2)10(14)12-9(7-13)11(15)16/h8-9,13H,3-7H2,1-2H3,(H,12,14)(H,15,16). The van der Waals surface area contributed by atoms with E-state index in [1.54, 1.807) is 0 Å². The van der Waals surface area contributed by atoms with Crippen molar-refractivity contribution < 1.29 is 19.8 Å².